The highest BCUT2D eigenvalue weighted by Crippen LogP contribution is 2.28. The van der Waals surface area contributed by atoms with Gasteiger partial charge in [-0.05, 0) is 60.2 Å². The molecule has 0 heterocycles. The molecule has 33 heavy (non-hydrogen) atoms. The number of carbonyl (C=O) groups is 3. The zero-order valence-electron chi connectivity index (χ0n) is 17.2. The van der Waals surface area contributed by atoms with Crippen molar-refractivity contribution in [1.29, 1.82) is 0 Å². The molecule has 0 atom stereocenters. The molecule has 0 aliphatic heterocycles. The summed E-state index contributed by atoms with van der Waals surface area (Å²) in [5.74, 6) is -3.03. The molecule has 0 spiro atoms. The molecule has 3 rings (SSSR count). The Kier molecular flexibility index (Phi) is 7.72. The Bertz CT molecular complexity index is 1210. The maximum absolute atomic E-state index is 13.6. The minimum Gasteiger partial charge on any atom is -0.493 e. The Morgan fingerprint density at radius 1 is 0.970 bits per heavy atom. The lowest BCUT2D eigenvalue weighted by Gasteiger charge is -2.10. The zero-order valence-corrected chi connectivity index (χ0v) is 17.9. The Morgan fingerprint density at radius 2 is 1.70 bits per heavy atom. The van der Waals surface area contributed by atoms with E-state index in [2.05, 4.69) is 10.4 Å². The van der Waals surface area contributed by atoms with Gasteiger partial charge >= 0.3 is 17.8 Å². The van der Waals surface area contributed by atoms with Crippen molar-refractivity contribution in [2.45, 2.75) is 0 Å². The van der Waals surface area contributed by atoms with E-state index in [0.29, 0.717) is 16.1 Å². The van der Waals surface area contributed by atoms with E-state index >= 15 is 0 Å². The third kappa shape index (κ3) is 6.37. The van der Waals surface area contributed by atoms with Crippen LogP contribution in [0.1, 0.15) is 15.9 Å². The summed E-state index contributed by atoms with van der Waals surface area (Å²) in [5.41, 5.74) is 2.70. The van der Waals surface area contributed by atoms with Crippen LogP contribution in [0.15, 0.2) is 71.8 Å². The van der Waals surface area contributed by atoms with Gasteiger partial charge in [0.25, 0.3) is 0 Å². The number of rotatable bonds is 6. The zero-order chi connectivity index (χ0) is 23.8. The van der Waals surface area contributed by atoms with Gasteiger partial charge in [-0.2, -0.15) is 5.10 Å². The van der Waals surface area contributed by atoms with Gasteiger partial charge < -0.3 is 14.8 Å². The highest BCUT2D eigenvalue weighted by molar-refractivity contribution is 6.39. The molecule has 0 bridgehead atoms. The first-order valence-electron chi connectivity index (χ1n) is 9.42. The molecule has 0 aromatic heterocycles. The smallest absolute Gasteiger partial charge is 0.343 e. The number of anilines is 1. The maximum atomic E-state index is 13.6. The fraction of sp³-hybridized carbons (Fsp3) is 0.0435. The van der Waals surface area contributed by atoms with Gasteiger partial charge in [0.15, 0.2) is 11.5 Å². The van der Waals surface area contributed by atoms with Crippen LogP contribution in [0.4, 0.5) is 10.1 Å². The predicted octanol–water partition coefficient (Wildman–Crippen LogP) is 3.80. The average molecular weight is 470 g/mol. The van der Waals surface area contributed by atoms with Crippen molar-refractivity contribution in [2.75, 3.05) is 12.4 Å². The van der Waals surface area contributed by atoms with Crippen LogP contribution in [-0.2, 0) is 9.59 Å². The van der Waals surface area contributed by atoms with Gasteiger partial charge in [-0.1, -0.05) is 23.7 Å². The number of esters is 1. The van der Waals surface area contributed by atoms with Crippen LogP contribution in [0.5, 0.6) is 11.5 Å². The Hall–Kier alpha value is -4.24. The summed E-state index contributed by atoms with van der Waals surface area (Å²) in [7, 11) is 1.39. The van der Waals surface area contributed by atoms with Crippen molar-refractivity contribution >= 4 is 41.3 Å². The lowest BCUT2D eigenvalue weighted by molar-refractivity contribution is -0.136. The SMILES string of the molecule is COc1cc(/C=N/NC(=O)C(=O)Nc2ccccc2F)ccc1OC(=O)c1ccc(Cl)cc1. The lowest BCUT2D eigenvalue weighted by Crippen LogP contribution is -2.32. The van der Waals surface area contributed by atoms with Gasteiger partial charge in [-0.25, -0.2) is 14.6 Å². The Labute approximate surface area is 193 Å². The molecule has 0 radical (unpaired) electrons. The monoisotopic (exact) mass is 469 g/mol. The van der Waals surface area contributed by atoms with Crippen molar-refractivity contribution in [2.24, 2.45) is 5.10 Å². The Balaban J connectivity index is 1.61. The Morgan fingerprint density at radius 3 is 2.39 bits per heavy atom. The topological polar surface area (TPSA) is 106 Å². The van der Waals surface area contributed by atoms with Gasteiger partial charge in [0.1, 0.15) is 5.82 Å². The number of nitrogens with zero attached hydrogens (tertiary/aromatic N) is 1. The number of benzene rings is 3. The number of hydrogen-bond donors (Lipinski definition) is 2. The van der Waals surface area contributed by atoms with Crippen molar-refractivity contribution < 1.29 is 28.2 Å². The molecule has 2 N–H and O–H groups in total. The second-order valence-corrected chi connectivity index (χ2v) is 6.88. The lowest BCUT2D eigenvalue weighted by atomic mass is 10.2. The van der Waals surface area contributed by atoms with E-state index in [1.807, 2.05) is 5.43 Å². The largest absolute Gasteiger partial charge is 0.493 e. The highest BCUT2D eigenvalue weighted by Gasteiger charge is 2.15. The van der Waals surface area contributed by atoms with E-state index in [4.69, 9.17) is 21.1 Å². The summed E-state index contributed by atoms with van der Waals surface area (Å²) < 4.78 is 24.1. The maximum Gasteiger partial charge on any atom is 0.343 e. The minimum absolute atomic E-state index is 0.130. The molecule has 3 aromatic rings. The molecule has 168 valence electrons. The number of ether oxygens (including phenoxy) is 2. The standard InChI is InChI=1S/C23H17ClFN3O5/c1-32-20-12-14(6-11-19(20)33-23(31)15-7-9-16(24)10-8-15)13-26-28-22(30)21(29)27-18-5-3-2-4-17(18)25/h2-13H,1H3,(H,27,29)(H,28,30)/b26-13+. The summed E-state index contributed by atoms with van der Waals surface area (Å²) in [5, 5.41) is 6.33. The second-order valence-electron chi connectivity index (χ2n) is 6.44. The predicted molar refractivity (Wildman–Crippen MR) is 120 cm³/mol. The summed E-state index contributed by atoms with van der Waals surface area (Å²) in [6.45, 7) is 0. The van der Waals surface area contributed by atoms with Crippen LogP contribution >= 0.6 is 11.6 Å². The van der Waals surface area contributed by atoms with E-state index in [1.165, 1.54) is 55.8 Å². The molecule has 0 unspecified atom stereocenters. The minimum atomic E-state index is -1.09. The van der Waals surface area contributed by atoms with Crippen LogP contribution in [-0.4, -0.2) is 31.1 Å². The molecule has 0 saturated carbocycles. The molecule has 8 nitrogen and oxygen atoms in total. The molecule has 10 heteroatoms. The van der Waals surface area contributed by atoms with Crippen LogP contribution in [0, 0.1) is 5.82 Å². The van der Waals surface area contributed by atoms with Gasteiger partial charge in [0, 0.05) is 5.02 Å². The van der Waals surface area contributed by atoms with Crippen LogP contribution in [0.25, 0.3) is 0 Å². The molecular formula is C23H17ClFN3O5. The average Bonchev–Trinajstić information content (AvgIpc) is 2.81. The molecular weight excluding hydrogens is 453 g/mol. The van der Waals surface area contributed by atoms with Crippen LogP contribution in [0.2, 0.25) is 5.02 Å². The van der Waals surface area contributed by atoms with Crippen LogP contribution in [0.3, 0.4) is 0 Å². The van der Waals surface area contributed by atoms with Crippen molar-refractivity contribution in [3.63, 3.8) is 0 Å². The summed E-state index contributed by atoms with van der Waals surface area (Å²) >= 11 is 5.81. The molecule has 0 aliphatic rings. The molecule has 0 fully saturated rings. The molecule has 0 saturated heterocycles. The molecule has 2 amide bonds. The molecule has 0 aliphatic carbocycles. The van der Waals surface area contributed by atoms with E-state index in [9.17, 15) is 18.8 Å². The number of methoxy groups -OCH3 is 1. The van der Waals surface area contributed by atoms with Gasteiger partial charge in [0.05, 0.1) is 24.6 Å². The number of nitrogens with one attached hydrogen (secondary N) is 2. The number of amides is 2. The summed E-state index contributed by atoms with van der Waals surface area (Å²) in [6, 6.07) is 16.2. The third-order valence-electron chi connectivity index (χ3n) is 4.18. The molecule has 3 aromatic carbocycles. The van der Waals surface area contributed by atoms with E-state index in [0.717, 1.165) is 6.07 Å². The van der Waals surface area contributed by atoms with Crippen molar-refractivity contribution in [3.8, 4) is 11.5 Å². The van der Waals surface area contributed by atoms with E-state index in [-0.39, 0.29) is 17.2 Å². The first kappa shape index (κ1) is 23.4. The van der Waals surface area contributed by atoms with Crippen LogP contribution < -0.4 is 20.2 Å². The van der Waals surface area contributed by atoms with Crippen molar-refractivity contribution in [3.05, 3.63) is 88.7 Å². The van der Waals surface area contributed by atoms with Gasteiger partial charge in [0.2, 0.25) is 0 Å². The summed E-state index contributed by atoms with van der Waals surface area (Å²) in [4.78, 5) is 36.0. The fourth-order valence-corrected chi connectivity index (χ4v) is 2.68. The number of para-hydroxylation sites is 1. The van der Waals surface area contributed by atoms with Crippen molar-refractivity contribution in [1.82, 2.24) is 5.43 Å². The van der Waals surface area contributed by atoms with E-state index in [1.54, 1.807) is 18.2 Å². The highest BCUT2D eigenvalue weighted by atomic mass is 35.5. The van der Waals surface area contributed by atoms with Gasteiger partial charge in [-0.15, -0.1) is 0 Å². The quantitative estimate of drug-likeness (QED) is 0.188. The third-order valence-corrected chi connectivity index (χ3v) is 4.43. The number of carbonyl (C=O) groups excluding carboxylic acids is 3. The first-order valence-corrected chi connectivity index (χ1v) is 9.80. The number of hydrogen-bond acceptors (Lipinski definition) is 6. The number of hydrazone groups is 1. The second kappa shape index (κ2) is 10.9. The van der Waals surface area contributed by atoms with E-state index < -0.39 is 23.6 Å². The van der Waals surface area contributed by atoms with Gasteiger partial charge in [-0.3, -0.25) is 9.59 Å². The fourth-order valence-electron chi connectivity index (χ4n) is 2.55. The number of halogens is 2. The first-order chi connectivity index (χ1) is 15.9. The summed E-state index contributed by atoms with van der Waals surface area (Å²) in [6.07, 6.45) is 1.25. The normalized spacial score (nSPS) is 10.5.